The van der Waals surface area contributed by atoms with Crippen LogP contribution in [-0.4, -0.2) is 19.7 Å². The zero-order chi connectivity index (χ0) is 11.1. The highest BCUT2D eigenvalue weighted by Gasteiger charge is 2.02. The third-order valence-corrected chi connectivity index (χ3v) is 1.89. The molecule has 0 bridgehead atoms. The molecule has 0 unspecified atom stereocenters. The summed E-state index contributed by atoms with van der Waals surface area (Å²) in [5.41, 5.74) is 0.488. The topological polar surface area (TPSA) is 35.5 Å². The molecular weight excluding hydrogens is 199 g/mol. The third kappa shape index (κ3) is 4.08. The Morgan fingerprint density at radius 1 is 1.40 bits per heavy atom. The number of esters is 1. The van der Waals surface area contributed by atoms with E-state index in [4.69, 9.17) is 4.74 Å². The molecule has 15 heavy (non-hydrogen) atoms. The van der Waals surface area contributed by atoms with Gasteiger partial charge >= 0.3 is 5.97 Å². The number of ether oxygens (including phenoxy) is 2. The Kier molecular flexibility index (Phi) is 4.77. The van der Waals surface area contributed by atoms with Gasteiger partial charge in [0.15, 0.2) is 0 Å². The van der Waals surface area contributed by atoms with Crippen LogP contribution in [0.3, 0.4) is 0 Å². The molecule has 1 aromatic rings. The van der Waals surface area contributed by atoms with Gasteiger partial charge in [0, 0.05) is 5.56 Å². The second-order valence-corrected chi connectivity index (χ2v) is 2.97. The highest BCUT2D eigenvalue weighted by molar-refractivity contribution is 5.69. The summed E-state index contributed by atoms with van der Waals surface area (Å²) in [6, 6.07) is 6.38. The molecule has 0 radical (unpaired) electrons. The van der Waals surface area contributed by atoms with Gasteiger partial charge in [-0.05, 0) is 6.07 Å². The molecule has 0 aliphatic rings. The van der Waals surface area contributed by atoms with E-state index in [9.17, 15) is 9.18 Å². The van der Waals surface area contributed by atoms with Crippen molar-refractivity contribution in [3.8, 4) is 0 Å². The van der Waals surface area contributed by atoms with Crippen molar-refractivity contribution in [2.45, 2.75) is 13.0 Å². The standard InChI is InChI=1S/C11H13FO3/c1-14-11(13)6-7-15-8-9-4-2-3-5-10(9)12/h2-5H,6-8H2,1H3. The Morgan fingerprint density at radius 3 is 2.80 bits per heavy atom. The smallest absolute Gasteiger partial charge is 0.307 e. The molecule has 3 nitrogen and oxygen atoms in total. The molecule has 0 aromatic heterocycles. The SMILES string of the molecule is COC(=O)CCOCc1ccccc1F. The second-order valence-electron chi connectivity index (χ2n) is 2.97. The van der Waals surface area contributed by atoms with Crippen molar-refractivity contribution in [3.05, 3.63) is 35.6 Å². The number of hydrogen-bond donors (Lipinski definition) is 0. The maximum absolute atomic E-state index is 13.1. The molecule has 0 fully saturated rings. The summed E-state index contributed by atoms with van der Waals surface area (Å²) in [4.78, 5) is 10.7. The Balaban J connectivity index is 2.26. The Hall–Kier alpha value is -1.42. The van der Waals surface area contributed by atoms with Crippen LogP contribution in [0.25, 0.3) is 0 Å². The minimum Gasteiger partial charge on any atom is -0.469 e. The Bertz CT molecular complexity index is 325. The number of hydrogen-bond acceptors (Lipinski definition) is 3. The number of rotatable bonds is 5. The predicted octanol–water partition coefficient (Wildman–Crippen LogP) is 1.91. The normalized spacial score (nSPS) is 10.0. The van der Waals surface area contributed by atoms with Crippen LogP contribution in [0.2, 0.25) is 0 Å². The van der Waals surface area contributed by atoms with E-state index < -0.39 is 0 Å². The van der Waals surface area contributed by atoms with Gasteiger partial charge in [-0.25, -0.2) is 4.39 Å². The minimum atomic E-state index is -0.330. The molecule has 0 amide bonds. The second kappa shape index (κ2) is 6.14. The summed E-state index contributed by atoms with van der Waals surface area (Å²) >= 11 is 0. The Morgan fingerprint density at radius 2 is 2.13 bits per heavy atom. The van der Waals surface area contributed by atoms with Gasteiger partial charge in [-0.3, -0.25) is 4.79 Å². The summed E-state index contributed by atoms with van der Waals surface area (Å²) < 4.78 is 22.6. The van der Waals surface area contributed by atoms with Crippen LogP contribution in [0.4, 0.5) is 4.39 Å². The lowest BCUT2D eigenvalue weighted by molar-refractivity contribution is -0.141. The maximum Gasteiger partial charge on any atom is 0.307 e. The maximum atomic E-state index is 13.1. The molecule has 1 aromatic carbocycles. The van der Waals surface area contributed by atoms with Gasteiger partial charge in [-0.1, -0.05) is 18.2 Å². The van der Waals surface area contributed by atoms with Gasteiger partial charge in [-0.2, -0.15) is 0 Å². The summed E-state index contributed by atoms with van der Waals surface area (Å²) in [5.74, 6) is -0.626. The summed E-state index contributed by atoms with van der Waals surface area (Å²) in [6.45, 7) is 0.407. The average Bonchev–Trinajstić information content (AvgIpc) is 2.26. The van der Waals surface area contributed by atoms with Gasteiger partial charge in [-0.15, -0.1) is 0 Å². The number of halogens is 1. The molecule has 82 valence electrons. The van der Waals surface area contributed by atoms with Gasteiger partial charge in [0.2, 0.25) is 0 Å². The first-order valence-electron chi connectivity index (χ1n) is 4.62. The zero-order valence-electron chi connectivity index (χ0n) is 8.53. The first kappa shape index (κ1) is 11.7. The van der Waals surface area contributed by atoms with Gasteiger partial charge in [0.25, 0.3) is 0 Å². The quantitative estimate of drug-likeness (QED) is 0.552. The van der Waals surface area contributed by atoms with Crippen molar-refractivity contribution in [1.82, 2.24) is 0 Å². The molecule has 0 aliphatic heterocycles. The molecular formula is C11H13FO3. The first-order chi connectivity index (χ1) is 7.24. The monoisotopic (exact) mass is 212 g/mol. The van der Waals surface area contributed by atoms with Gasteiger partial charge in [0.05, 0.1) is 26.7 Å². The molecule has 0 heterocycles. The van der Waals surface area contributed by atoms with E-state index in [0.717, 1.165) is 0 Å². The van der Waals surface area contributed by atoms with E-state index in [0.29, 0.717) is 5.56 Å². The van der Waals surface area contributed by atoms with Crippen LogP contribution in [0, 0.1) is 5.82 Å². The molecule has 0 atom stereocenters. The van der Waals surface area contributed by atoms with Crippen molar-refractivity contribution in [1.29, 1.82) is 0 Å². The number of methoxy groups -OCH3 is 1. The van der Waals surface area contributed by atoms with Crippen molar-refractivity contribution in [2.24, 2.45) is 0 Å². The Labute approximate surface area is 87.8 Å². The highest BCUT2D eigenvalue weighted by Crippen LogP contribution is 2.07. The molecule has 0 saturated heterocycles. The lowest BCUT2D eigenvalue weighted by Crippen LogP contribution is -2.06. The van der Waals surface area contributed by atoms with Crippen LogP contribution in [0.15, 0.2) is 24.3 Å². The van der Waals surface area contributed by atoms with Crippen molar-refractivity contribution >= 4 is 5.97 Å². The highest BCUT2D eigenvalue weighted by atomic mass is 19.1. The van der Waals surface area contributed by atoms with Crippen LogP contribution in [0.5, 0.6) is 0 Å². The van der Waals surface area contributed by atoms with Crippen molar-refractivity contribution < 1.29 is 18.7 Å². The fourth-order valence-corrected chi connectivity index (χ4v) is 1.06. The van der Waals surface area contributed by atoms with E-state index in [1.54, 1.807) is 18.2 Å². The summed E-state index contributed by atoms with van der Waals surface area (Å²) in [5, 5.41) is 0. The van der Waals surface area contributed by atoms with Crippen LogP contribution < -0.4 is 0 Å². The molecule has 0 aliphatic carbocycles. The number of carbonyl (C=O) groups excluding carboxylic acids is 1. The lowest BCUT2D eigenvalue weighted by atomic mass is 10.2. The van der Waals surface area contributed by atoms with Crippen LogP contribution >= 0.6 is 0 Å². The minimum absolute atomic E-state index is 0.170. The molecule has 1 rings (SSSR count). The van der Waals surface area contributed by atoms with E-state index in [2.05, 4.69) is 4.74 Å². The predicted molar refractivity (Wildman–Crippen MR) is 52.7 cm³/mol. The van der Waals surface area contributed by atoms with Crippen molar-refractivity contribution in [2.75, 3.05) is 13.7 Å². The van der Waals surface area contributed by atoms with Crippen LogP contribution in [-0.2, 0) is 20.9 Å². The largest absolute Gasteiger partial charge is 0.469 e. The first-order valence-corrected chi connectivity index (χ1v) is 4.62. The van der Waals surface area contributed by atoms with E-state index >= 15 is 0 Å². The van der Waals surface area contributed by atoms with E-state index in [-0.39, 0.29) is 31.4 Å². The molecule has 0 spiro atoms. The van der Waals surface area contributed by atoms with E-state index in [1.165, 1.54) is 13.2 Å². The fraction of sp³-hybridized carbons (Fsp3) is 0.364. The molecule has 0 saturated carbocycles. The average molecular weight is 212 g/mol. The van der Waals surface area contributed by atoms with E-state index in [1.807, 2.05) is 0 Å². The lowest BCUT2D eigenvalue weighted by Gasteiger charge is -2.04. The zero-order valence-corrected chi connectivity index (χ0v) is 8.53. The number of carbonyl (C=O) groups is 1. The molecule has 0 N–H and O–H groups in total. The fourth-order valence-electron chi connectivity index (χ4n) is 1.06. The summed E-state index contributed by atoms with van der Waals surface area (Å²) in [6.07, 6.45) is 0.185. The van der Waals surface area contributed by atoms with Crippen LogP contribution in [0.1, 0.15) is 12.0 Å². The molecule has 4 heteroatoms. The van der Waals surface area contributed by atoms with Gasteiger partial charge < -0.3 is 9.47 Å². The third-order valence-electron chi connectivity index (χ3n) is 1.89. The van der Waals surface area contributed by atoms with Gasteiger partial charge in [0.1, 0.15) is 5.82 Å². The van der Waals surface area contributed by atoms with Crippen molar-refractivity contribution in [3.63, 3.8) is 0 Å². The number of benzene rings is 1. The summed E-state index contributed by atoms with van der Waals surface area (Å²) in [7, 11) is 1.32.